The molecule has 1 aromatic rings. The van der Waals surface area contributed by atoms with E-state index >= 15 is 0 Å². The van der Waals surface area contributed by atoms with Crippen LogP contribution in [0.25, 0.3) is 0 Å². The minimum Gasteiger partial charge on any atom is -0.378 e. The van der Waals surface area contributed by atoms with Crippen molar-refractivity contribution in [1.82, 2.24) is 10.6 Å². The number of benzene rings is 1. The molecule has 1 fully saturated rings. The van der Waals surface area contributed by atoms with E-state index in [1.165, 1.54) is 6.92 Å². The van der Waals surface area contributed by atoms with Gasteiger partial charge in [0.1, 0.15) is 49.9 Å². The van der Waals surface area contributed by atoms with E-state index in [4.69, 9.17) is 23.7 Å². The highest BCUT2D eigenvalue weighted by Crippen LogP contribution is 2.27. The number of hydrogen-bond donors (Lipinski definition) is 2. The summed E-state index contributed by atoms with van der Waals surface area (Å²) in [6, 6.07) is 7.93. The van der Waals surface area contributed by atoms with Gasteiger partial charge in [-0.25, -0.2) is 0 Å². The van der Waals surface area contributed by atoms with Crippen molar-refractivity contribution in [2.24, 2.45) is 0 Å². The smallest absolute Gasteiger partial charge is 0.217 e. The number of aldehydes is 3. The summed E-state index contributed by atoms with van der Waals surface area (Å²) >= 11 is 0. The Kier molecular flexibility index (Phi) is 15.2. The Hall–Kier alpha value is -2.87. The molecule has 2 rings (SSSR count). The fraction of sp³-hybridized carbons (Fsp3) is 0.577. The van der Waals surface area contributed by atoms with Gasteiger partial charge in [0, 0.05) is 31.7 Å². The first-order chi connectivity index (χ1) is 18.5. The highest BCUT2D eigenvalue weighted by molar-refractivity contribution is 5.97. The second kappa shape index (κ2) is 18.4. The molecular formula is C26H36N2O10. The Morgan fingerprint density at radius 1 is 0.895 bits per heavy atom. The van der Waals surface area contributed by atoms with Gasteiger partial charge in [0.25, 0.3) is 0 Å². The van der Waals surface area contributed by atoms with Gasteiger partial charge in [0.05, 0.1) is 33.0 Å². The van der Waals surface area contributed by atoms with Crippen LogP contribution in [0, 0.1) is 0 Å². The Morgan fingerprint density at radius 2 is 1.53 bits per heavy atom. The molecule has 5 atom stereocenters. The fourth-order valence-electron chi connectivity index (χ4n) is 3.83. The van der Waals surface area contributed by atoms with Crippen LogP contribution < -0.4 is 10.6 Å². The average molecular weight is 537 g/mol. The lowest BCUT2D eigenvalue weighted by atomic mass is 9.96. The predicted octanol–water partition coefficient (Wildman–Crippen LogP) is 0.217. The Morgan fingerprint density at radius 3 is 2.16 bits per heavy atom. The van der Waals surface area contributed by atoms with Gasteiger partial charge < -0.3 is 43.4 Å². The van der Waals surface area contributed by atoms with Crippen LogP contribution in [0.2, 0.25) is 0 Å². The Bertz CT molecular complexity index is 869. The summed E-state index contributed by atoms with van der Waals surface area (Å²) in [5.41, 5.74) is 0.552. The second-order valence-electron chi connectivity index (χ2n) is 8.41. The van der Waals surface area contributed by atoms with Crippen molar-refractivity contribution in [2.45, 2.75) is 56.8 Å². The van der Waals surface area contributed by atoms with Crippen LogP contribution in [0.5, 0.6) is 0 Å². The van der Waals surface area contributed by atoms with E-state index < -0.39 is 30.6 Å². The van der Waals surface area contributed by atoms with E-state index in [2.05, 4.69) is 10.6 Å². The molecule has 38 heavy (non-hydrogen) atoms. The van der Waals surface area contributed by atoms with Crippen molar-refractivity contribution in [3.63, 3.8) is 0 Å². The van der Waals surface area contributed by atoms with Crippen molar-refractivity contribution in [3.05, 3.63) is 35.9 Å². The SMILES string of the molecule is CC(=O)NC1[C@H](OCNCC(=O)c2ccccc2)OC(COCCC=O)[C@H](OCCC=O)[C@@H]1OCCC=O. The van der Waals surface area contributed by atoms with Gasteiger partial charge in [-0.2, -0.15) is 0 Å². The number of Topliss-reactive ketones (excluding diaryl/α,β-unsaturated/α-hetero) is 1. The first-order valence-electron chi connectivity index (χ1n) is 12.5. The average Bonchev–Trinajstić information content (AvgIpc) is 2.92. The Labute approximate surface area is 221 Å². The van der Waals surface area contributed by atoms with E-state index in [-0.39, 0.29) is 70.7 Å². The lowest BCUT2D eigenvalue weighted by molar-refractivity contribution is -0.287. The standard InChI is InChI=1S/C26H36N2O10/c1-19(32)28-23-25(36-15-7-12-31)24(35-14-6-11-30)22(17-34-13-5-10-29)38-26(23)37-18-27-16-21(33)20-8-3-2-4-9-20/h2-4,8-12,22-27H,5-7,13-18H2,1H3,(H,28,32)/t22?,23?,24-,25+,26+/m0/s1. The maximum absolute atomic E-state index is 12.4. The highest BCUT2D eigenvalue weighted by Gasteiger charge is 2.48. The molecule has 1 saturated heterocycles. The van der Waals surface area contributed by atoms with Crippen molar-refractivity contribution >= 4 is 30.5 Å². The molecule has 2 unspecified atom stereocenters. The van der Waals surface area contributed by atoms with Crippen LogP contribution >= 0.6 is 0 Å². The molecule has 0 spiro atoms. The quantitative estimate of drug-likeness (QED) is 0.102. The number of carbonyl (C=O) groups is 5. The summed E-state index contributed by atoms with van der Waals surface area (Å²) in [7, 11) is 0. The zero-order chi connectivity index (χ0) is 27.6. The van der Waals surface area contributed by atoms with Crippen molar-refractivity contribution < 1.29 is 47.7 Å². The number of ketones is 1. The van der Waals surface area contributed by atoms with Crippen LogP contribution in [0.15, 0.2) is 30.3 Å². The number of nitrogens with one attached hydrogen (secondary N) is 2. The zero-order valence-electron chi connectivity index (χ0n) is 21.5. The van der Waals surface area contributed by atoms with Crippen LogP contribution in [-0.4, -0.2) is 101 Å². The number of amides is 1. The molecule has 0 aromatic heterocycles. The van der Waals surface area contributed by atoms with Gasteiger partial charge in [-0.1, -0.05) is 30.3 Å². The molecule has 0 saturated carbocycles. The van der Waals surface area contributed by atoms with Gasteiger partial charge in [-0.15, -0.1) is 0 Å². The largest absolute Gasteiger partial charge is 0.378 e. The third-order valence-electron chi connectivity index (χ3n) is 5.50. The Balaban J connectivity index is 2.16. The topological polar surface area (TPSA) is 156 Å². The van der Waals surface area contributed by atoms with Crippen LogP contribution in [0.4, 0.5) is 0 Å². The monoisotopic (exact) mass is 536 g/mol. The molecule has 1 aliphatic heterocycles. The lowest BCUT2D eigenvalue weighted by Gasteiger charge is -2.46. The normalized spacial score (nSPS) is 22.9. The van der Waals surface area contributed by atoms with Gasteiger partial charge in [-0.05, 0) is 0 Å². The molecule has 0 aliphatic carbocycles. The molecular weight excluding hydrogens is 500 g/mol. The molecule has 12 nitrogen and oxygen atoms in total. The van der Waals surface area contributed by atoms with E-state index in [9.17, 15) is 24.0 Å². The fourth-order valence-corrected chi connectivity index (χ4v) is 3.83. The van der Waals surface area contributed by atoms with Crippen LogP contribution in [0.1, 0.15) is 36.5 Å². The van der Waals surface area contributed by atoms with Crippen LogP contribution in [-0.2, 0) is 42.9 Å². The first-order valence-corrected chi connectivity index (χ1v) is 12.5. The molecule has 1 amide bonds. The summed E-state index contributed by atoms with van der Waals surface area (Å²) in [4.78, 5) is 56.9. The summed E-state index contributed by atoms with van der Waals surface area (Å²) < 4.78 is 29.4. The van der Waals surface area contributed by atoms with E-state index in [0.29, 0.717) is 18.1 Å². The third kappa shape index (κ3) is 10.9. The molecule has 1 aliphatic rings. The third-order valence-corrected chi connectivity index (χ3v) is 5.50. The molecule has 0 radical (unpaired) electrons. The molecule has 1 aromatic carbocycles. The number of hydrogen-bond acceptors (Lipinski definition) is 11. The van der Waals surface area contributed by atoms with Crippen molar-refractivity contribution in [2.75, 3.05) is 39.7 Å². The molecule has 210 valence electrons. The number of carbonyl (C=O) groups excluding carboxylic acids is 5. The molecule has 1 heterocycles. The molecule has 2 N–H and O–H groups in total. The zero-order valence-corrected chi connectivity index (χ0v) is 21.5. The maximum atomic E-state index is 12.4. The lowest BCUT2D eigenvalue weighted by Crippen LogP contribution is -2.66. The van der Waals surface area contributed by atoms with Gasteiger partial charge in [0.15, 0.2) is 12.1 Å². The first kappa shape index (κ1) is 31.3. The highest BCUT2D eigenvalue weighted by atomic mass is 16.7. The van der Waals surface area contributed by atoms with Crippen molar-refractivity contribution in [1.29, 1.82) is 0 Å². The van der Waals surface area contributed by atoms with E-state index in [0.717, 1.165) is 6.29 Å². The summed E-state index contributed by atoms with van der Waals surface area (Å²) in [6.45, 7) is 1.54. The minimum absolute atomic E-state index is 0.0104. The summed E-state index contributed by atoms with van der Waals surface area (Å²) in [5, 5.41) is 5.68. The maximum Gasteiger partial charge on any atom is 0.217 e. The van der Waals surface area contributed by atoms with Gasteiger partial charge in [0.2, 0.25) is 5.91 Å². The minimum atomic E-state index is -1.04. The summed E-state index contributed by atoms with van der Waals surface area (Å²) in [5.74, 6) is -0.506. The second-order valence-corrected chi connectivity index (χ2v) is 8.41. The molecule has 0 bridgehead atoms. The van der Waals surface area contributed by atoms with Gasteiger partial charge in [-0.3, -0.25) is 14.9 Å². The van der Waals surface area contributed by atoms with Gasteiger partial charge >= 0.3 is 0 Å². The van der Waals surface area contributed by atoms with E-state index in [1.54, 1.807) is 24.3 Å². The van der Waals surface area contributed by atoms with Crippen LogP contribution in [0.3, 0.4) is 0 Å². The van der Waals surface area contributed by atoms with E-state index in [1.807, 2.05) is 6.07 Å². The number of rotatable bonds is 20. The molecule has 12 heteroatoms. The predicted molar refractivity (Wildman–Crippen MR) is 133 cm³/mol. The summed E-state index contributed by atoms with van der Waals surface area (Å²) in [6.07, 6.45) is -0.834. The number of ether oxygens (including phenoxy) is 5. The van der Waals surface area contributed by atoms with Crippen molar-refractivity contribution in [3.8, 4) is 0 Å².